The van der Waals surface area contributed by atoms with E-state index in [-0.39, 0.29) is 10.6 Å². The van der Waals surface area contributed by atoms with Gasteiger partial charge in [-0.05, 0) is 43.7 Å². The zero-order chi connectivity index (χ0) is 20.1. The van der Waals surface area contributed by atoms with Gasteiger partial charge in [0.25, 0.3) is 11.6 Å². The van der Waals surface area contributed by atoms with Gasteiger partial charge < -0.3 is 10.1 Å². The highest BCUT2D eigenvalue weighted by atomic mass is 35.5. The first kappa shape index (κ1) is 20.3. The molecule has 0 bridgehead atoms. The third kappa shape index (κ3) is 5.24. The zero-order valence-corrected chi connectivity index (χ0v) is 15.2. The normalized spacial score (nSPS) is 12.7. The van der Waals surface area contributed by atoms with Gasteiger partial charge in [0.05, 0.1) is 11.0 Å². The van der Waals surface area contributed by atoms with Crippen molar-refractivity contribution in [3.63, 3.8) is 0 Å². The van der Waals surface area contributed by atoms with E-state index in [0.717, 1.165) is 12.1 Å². The third-order valence-electron chi connectivity index (χ3n) is 3.76. The summed E-state index contributed by atoms with van der Waals surface area (Å²) >= 11 is 5.78. The Bertz CT molecular complexity index is 873. The molecule has 1 N–H and O–H groups in total. The highest BCUT2D eigenvalue weighted by molar-refractivity contribution is 6.31. The van der Waals surface area contributed by atoms with Crippen molar-refractivity contribution in [2.75, 3.05) is 0 Å². The zero-order valence-electron chi connectivity index (χ0n) is 14.4. The summed E-state index contributed by atoms with van der Waals surface area (Å²) in [7, 11) is 0. The van der Waals surface area contributed by atoms with Crippen LogP contribution in [0.4, 0.5) is 10.1 Å². The molecular weight excluding hydrogens is 379 g/mol. The van der Waals surface area contributed by atoms with E-state index >= 15 is 0 Å². The van der Waals surface area contributed by atoms with Crippen LogP contribution >= 0.6 is 11.6 Å². The number of nitro benzene ring substituents is 1. The largest absolute Gasteiger partial charge is 0.449 e. The number of nitro groups is 1. The van der Waals surface area contributed by atoms with Crippen molar-refractivity contribution in [1.29, 1.82) is 0 Å². The molecule has 0 aliphatic heterocycles. The molecular formula is C18H16ClFN2O5. The van der Waals surface area contributed by atoms with Gasteiger partial charge in [-0.3, -0.25) is 14.9 Å². The van der Waals surface area contributed by atoms with E-state index in [4.69, 9.17) is 16.3 Å². The van der Waals surface area contributed by atoms with Crippen LogP contribution in [-0.4, -0.2) is 22.9 Å². The number of halogens is 2. The van der Waals surface area contributed by atoms with Crippen LogP contribution in [-0.2, 0) is 9.53 Å². The van der Waals surface area contributed by atoms with E-state index in [9.17, 15) is 24.1 Å². The van der Waals surface area contributed by atoms with Gasteiger partial charge in [0, 0.05) is 11.1 Å². The molecule has 142 valence electrons. The summed E-state index contributed by atoms with van der Waals surface area (Å²) in [6.45, 7) is 3.02. The first-order valence-corrected chi connectivity index (χ1v) is 8.27. The fourth-order valence-corrected chi connectivity index (χ4v) is 2.45. The quantitative estimate of drug-likeness (QED) is 0.456. The molecule has 2 aromatic carbocycles. The van der Waals surface area contributed by atoms with Gasteiger partial charge in [-0.25, -0.2) is 9.18 Å². The van der Waals surface area contributed by atoms with Crippen LogP contribution in [0.2, 0.25) is 5.02 Å². The van der Waals surface area contributed by atoms with Crippen LogP contribution in [0.15, 0.2) is 42.5 Å². The monoisotopic (exact) mass is 394 g/mol. The standard InChI is InChI=1S/C18H16ClFN2O5/c1-10(12-3-6-14(20)7-4-12)21-17(23)11(2)27-18(24)15-9-13(19)5-8-16(15)22(25)26/h3-11H,1-2H3,(H,21,23)/t10-,11+/m1/s1. The van der Waals surface area contributed by atoms with Crippen molar-refractivity contribution in [1.82, 2.24) is 5.32 Å². The molecule has 0 saturated carbocycles. The number of benzene rings is 2. The molecule has 2 rings (SSSR count). The second-order valence-corrected chi connectivity index (χ2v) is 6.18. The van der Waals surface area contributed by atoms with Crippen molar-refractivity contribution in [2.45, 2.75) is 26.0 Å². The number of ether oxygens (including phenoxy) is 1. The maximum absolute atomic E-state index is 13.0. The molecule has 0 radical (unpaired) electrons. The summed E-state index contributed by atoms with van der Waals surface area (Å²) in [4.78, 5) is 34.7. The second-order valence-electron chi connectivity index (χ2n) is 5.75. The van der Waals surface area contributed by atoms with E-state index in [0.29, 0.717) is 5.56 Å². The van der Waals surface area contributed by atoms with Crippen molar-refractivity contribution < 1.29 is 23.6 Å². The van der Waals surface area contributed by atoms with Gasteiger partial charge in [0.2, 0.25) is 0 Å². The fourth-order valence-electron chi connectivity index (χ4n) is 2.27. The predicted molar refractivity (Wildman–Crippen MR) is 95.9 cm³/mol. The summed E-state index contributed by atoms with van der Waals surface area (Å²) in [5.41, 5.74) is -0.163. The lowest BCUT2D eigenvalue weighted by Gasteiger charge is -2.18. The predicted octanol–water partition coefficient (Wildman–Crippen LogP) is 3.81. The molecule has 0 aromatic heterocycles. The smallest absolute Gasteiger partial charge is 0.345 e. The number of carbonyl (C=O) groups is 2. The minimum Gasteiger partial charge on any atom is -0.449 e. The highest BCUT2D eigenvalue weighted by Crippen LogP contribution is 2.24. The Labute approximate surface area is 159 Å². The van der Waals surface area contributed by atoms with Crippen molar-refractivity contribution in [3.8, 4) is 0 Å². The number of hydrogen-bond acceptors (Lipinski definition) is 5. The van der Waals surface area contributed by atoms with Crippen molar-refractivity contribution in [2.24, 2.45) is 0 Å². The number of nitrogens with one attached hydrogen (secondary N) is 1. The van der Waals surface area contributed by atoms with Crippen LogP contribution in [0.3, 0.4) is 0 Å². The lowest BCUT2D eigenvalue weighted by Crippen LogP contribution is -2.37. The van der Waals surface area contributed by atoms with Crippen molar-refractivity contribution in [3.05, 3.63) is 74.5 Å². The molecule has 2 aromatic rings. The summed E-state index contributed by atoms with van der Waals surface area (Å²) in [5.74, 6) is -2.05. The maximum Gasteiger partial charge on any atom is 0.345 e. The first-order valence-electron chi connectivity index (χ1n) is 7.89. The van der Waals surface area contributed by atoms with Crippen LogP contribution in [0.1, 0.15) is 35.8 Å². The molecule has 0 aliphatic carbocycles. The number of nitrogens with zero attached hydrogens (tertiary/aromatic N) is 1. The lowest BCUT2D eigenvalue weighted by molar-refractivity contribution is -0.385. The maximum atomic E-state index is 13.0. The Morgan fingerprint density at radius 3 is 2.41 bits per heavy atom. The lowest BCUT2D eigenvalue weighted by atomic mass is 10.1. The summed E-state index contributed by atoms with van der Waals surface area (Å²) in [6, 6.07) is 8.57. The number of rotatable bonds is 6. The molecule has 0 unspecified atom stereocenters. The molecule has 2 atom stereocenters. The van der Waals surface area contributed by atoms with Gasteiger partial charge >= 0.3 is 5.97 Å². The Kier molecular flexibility index (Phi) is 6.46. The number of carbonyl (C=O) groups excluding carboxylic acids is 2. The fraction of sp³-hybridized carbons (Fsp3) is 0.222. The molecule has 0 heterocycles. The molecule has 7 nitrogen and oxygen atoms in total. The average molecular weight is 395 g/mol. The molecule has 9 heteroatoms. The van der Waals surface area contributed by atoms with Crippen molar-refractivity contribution >= 4 is 29.2 Å². The van der Waals surface area contributed by atoms with E-state index in [1.54, 1.807) is 6.92 Å². The summed E-state index contributed by atoms with van der Waals surface area (Å²) in [6.07, 6.45) is -1.21. The number of amides is 1. The number of hydrogen-bond donors (Lipinski definition) is 1. The summed E-state index contributed by atoms with van der Waals surface area (Å²) < 4.78 is 18.0. The number of esters is 1. The topological polar surface area (TPSA) is 98.5 Å². The van der Waals surface area contributed by atoms with E-state index in [2.05, 4.69) is 5.32 Å². The van der Waals surface area contributed by atoms with Gasteiger partial charge in [0.15, 0.2) is 6.10 Å². The molecule has 0 aliphatic rings. The van der Waals surface area contributed by atoms with E-state index in [1.807, 2.05) is 0 Å². The summed E-state index contributed by atoms with van der Waals surface area (Å²) in [5, 5.41) is 13.8. The Hall–Kier alpha value is -3.00. The molecule has 0 saturated heterocycles. The van der Waals surface area contributed by atoms with E-state index in [1.165, 1.54) is 37.3 Å². The first-order chi connectivity index (χ1) is 12.7. The van der Waals surface area contributed by atoms with Crippen LogP contribution in [0.5, 0.6) is 0 Å². The molecule has 1 amide bonds. The Morgan fingerprint density at radius 2 is 1.81 bits per heavy atom. The Morgan fingerprint density at radius 1 is 1.19 bits per heavy atom. The molecule has 27 heavy (non-hydrogen) atoms. The second kappa shape index (κ2) is 8.59. The highest BCUT2D eigenvalue weighted by Gasteiger charge is 2.26. The van der Waals surface area contributed by atoms with Crippen LogP contribution < -0.4 is 5.32 Å². The molecule has 0 fully saturated rings. The molecule has 0 spiro atoms. The van der Waals surface area contributed by atoms with E-state index < -0.39 is 40.5 Å². The van der Waals surface area contributed by atoms with Gasteiger partial charge in [0.1, 0.15) is 11.4 Å². The van der Waals surface area contributed by atoms with Crippen LogP contribution in [0, 0.1) is 15.9 Å². The SMILES string of the molecule is C[C@H](OC(=O)c1cc(Cl)ccc1[N+](=O)[O-])C(=O)N[C@H](C)c1ccc(F)cc1. The Balaban J connectivity index is 2.05. The van der Waals surface area contributed by atoms with Gasteiger partial charge in [-0.15, -0.1) is 0 Å². The van der Waals surface area contributed by atoms with Gasteiger partial charge in [-0.1, -0.05) is 23.7 Å². The third-order valence-corrected chi connectivity index (χ3v) is 3.99. The van der Waals surface area contributed by atoms with Gasteiger partial charge in [-0.2, -0.15) is 0 Å². The minimum absolute atomic E-state index is 0.120. The minimum atomic E-state index is -1.21. The van der Waals surface area contributed by atoms with Crippen LogP contribution in [0.25, 0.3) is 0 Å². The average Bonchev–Trinajstić information content (AvgIpc) is 2.61.